The van der Waals surface area contributed by atoms with Crippen LogP contribution in [-0.4, -0.2) is 31.0 Å². The highest BCUT2D eigenvalue weighted by Crippen LogP contribution is 2.27. The number of carbonyl (C=O) groups is 1. The van der Waals surface area contributed by atoms with Crippen molar-refractivity contribution in [1.82, 2.24) is 4.90 Å². The van der Waals surface area contributed by atoms with Crippen molar-refractivity contribution in [2.45, 2.75) is 12.8 Å². The molecule has 0 spiro atoms. The van der Waals surface area contributed by atoms with Crippen LogP contribution in [0.25, 0.3) is 0 Å². The summed E-state index contributed by atoms with van der Waals surface area (Å²) >= 11 is 3.38. The summed E-state index contributed by atoms with van der Waals surface area (Å²) in [4.78, 5) is 14.1. The molecule has 5 heteroatoms. The van der Waals surface area contributed by atoms with Crippen molar-refractivity contribution in [3.8, 4) is 11.8 Å². The number of halogens is 1. The van der Waals surface area contributed by atoms with Crippen molar-refractivity contribution >= 4 is 21.8 Å². The summed E-state index contributed by atoms with van der Waals surface area (Å²) in [6, 6.07) is 7.53. The van der Waals surface area contributed by atoms with E-state index in [0.29, 0.717) is 17.9 Å². The fourth-order valence-corrected chi connectivity index (χ4v) is 2.79. The molecule has 1 heterocycles. The second-order valence-corrected chi connectivity index (χ2v) is 5.42. The van der Waals surface area contributed by atoms with E-state index in [9.17, 15) is 4.79 Å². The van der Waals surface area contributed by atoms with E-state index in [1.54, 1.807) is 30.2 Å². The Labute approximate surface area is 121 Å². The third-order valence-corrected chi connectivity index (χ3v) is 3.91. The lowest BCUT2D eigenvalue weighted by atomic mass is 9.99. The van der Waals surface area contributed by atoms with Crippen LogP contribution in [0.2, 0.25) is 0 Å². The maximum Gasteiger partial charge on any atom is 0.253 e. The van der Waals surface area contributed by atoms with Crippen molar-refractivity contribution in [2.24, 2.45) is 5.92 Å². The van der Waals surface area contributed by atoms with Crippen LogP contribution in [-0.2, 0) is 0 Å². The van der Waals surface area contributed by atoms with Gasteiger partial charge >= 0.3 is 0 Å². The highest BCUT2D eigenvalue weighted by molar-refractivity contribution is 9.10. The Hall–Kier alpha value is -1.54. The van der Waals surface area contributed by atoms with Crippen molar-refractivity contribution in [2.75, 3.05) is 20.2 Å². The number of nitrogens with zero attached hydrogens (tertiary/aromatic N) is 2. The SMILES string of the molecule is COc1ccc(C(=O)N2CCCC(C#N)C2)cc1Br. The zero-order valence-electron chi connectivity index (χ0n) is 10.7. The van der Waals surface area contributed by atoms with Crippen molar-refractivity contribution in [3.05, 3.63) is 28.2 Å². The molecule has 1 aliphatic rings. The quantitative estimate of drug-likeness (QED) is 0.841. The molecule has 1 saturated heterocycles. The molecule has 0 saturated carbocycles. The smallest absolute Gasteiger partial charge is 0.253 e. The van der Waals surface area contributed by atoms with E-state index in [-0.39, 0.29) is 11.8 Å². The molecule has 1 fully saturated rings. The van der Waals surface area contributed by atoms with Gasteiger partial charge in [0.2, 0.25) is 0 Å². The highest BCUT2D eigenvalue weighted by Gasteiger charge is 2.24. The van der Waals surface area contributed by atoms with Crippen LogP contribution < -0.4 is 4.74 Å². The van der Waals surface area contributed by atoms with E-state index in [2.05, 4.69) is 22.0 Å². The number of carbonyl (C=O) groups excluding carboxylic acids is 1. The van der Waals surface area contributed by atoms with Crippen LogP contribution in [0.15, 0.2) is 22.7 Å². The number of nitriles is 1. The fourth-order valence-electron chi connectivity index (χ4n) is 2.25. The first-order valence-corrected chi connectivity index (χ1v) is 6.97. The number of hydrogen-bond acceptors (Lipinski definition) is 3. The van der Waals surface area contributed by atoms with Gasteiger partial charge in [-0.25, -0.2) is 0 Å². The van der Waals surface area contributed by atoms with Gasteiger partial charge in [0.25, 0.3) is 5.91 Å². The molecule has 4 nitrogen and oxygen atoms in total. The predicted octanol–water partition coefficient (Wildman–Crippen LogP) is 2.83. The van der Waals surface area contributed by atoms with Gasteiger partial charge in [-0.15, -0.1) is 0 Å². The molecule has 0 bridgehead atoms. The zero-order valence-corrected chi connectivity index (χ0v) is 12.3. The average molecular weight is 323 g/mol. The summed E-state index contributed by atoms with van der Waals surface area (Å²) in [6.07, 6.45) is 1.77. The van der Waals surface area contributed by atoms with Gasteiger partial charge in [-0.2, -0.15) is 5.26 Å². The summed E-state index contributed by atoms with van der Waals surface area (Å²) in [5.41, 5.74) is 0.617. The molecule has 1 unspecified atom stereocenters. The number of ether oxygens (including phenoxy) is 1. The Balaban J connectivity index is 2.15. The Morgan fingerprint density at radius 2 is 2.37 bits per heavy atom. The van der Waals surface area contributed by atoms with Crippen molar-refractivity contribution in [1.29, 1.82) is 5.26 Å². The van der Waals surface area contributed by atoms with E-state index >= 15 is 0 Å². The van der Waals surface area contributed by atoms with Crippen LogP contribution >= 0.6 is 15.9 Å². The topological polar surface area (TPSA) is 53.3 Å². The lowest BCUT2D eigenvalue weighted by molar-refractivity contribution is 0.0698. The molecular formula is C14H15BrN2O2. The van der Waals surface area contributed by atoms with Gasteiger partial charge in [-0.1, -0.05) is 0 Å². The second kappa shape index (κ2) is 6.07. The third kappa shape index (κ3) is 3.07. The van der Waals surface area contributed by atoms with Crippen LogP contribution in [0.5, 0.6) is 5.75 Å². The van der Waals surface area contributed by atoms with Gasteiger partial charge in [0.1, 0.15) is 5.75 Å². The molecule has 0 aliphatic carbocycles. The van der Waals surface area contributed by atoms with Crippen LogP contribution in [0.3, 0.4) is 0 Å². The number of hydrogen-bond donors (Lipinski definition) is 0. The van der Waals surface area contributed by atoms with E-state index in [1.165, 1.54) is 0 Å². The molecule has 1 aliphatic heterocycles. The summed E-state index contributed by atoms with van der Waals surface area (Å²) in [5.74, 6) is 0.632. The number of rotatable bonds is 2. The van der Waals surface area contributed by atoms with Gasteiger partial charge in [0, 0.05) is 18.7 Å². The fraction of sp³-hybridized carbons (Fsp3) is 0.429. The van der Waals surface area contributed by atoms with Gasteiger partial charge in [-0.05, 0) is 47.0 Å². The number of piperidine rings is 1. The zero-order chi connectivity index (χ0) is 13.8. The second-order valence-electron chi connectivity index (χ2n) is 4.57. The Morgan fingerprint density at radius 3 is 3.00 bits per heavy atom. The van der Waals surface area contributed by atoms with Crippen LogP contribution in [0, 0.1) is 17.2 Å². The molecule has 1 atom stereocenters. The Morgan fingerprint density at radius 1 is 1.58 bits per heavy atom. The van der Waals surface area contributed by atoms with E-state index in [1.807, 2.05) is 0 Å². The molecule has 19 heavy (non-hydrogen) atoms. The van der Waals surface area contributed by atoms with E-state index < -0.39 is 0 Å². The third-order valence-electron chi connectivity index (χ3n) is 3.29. The summed E-state index contributed by atoms with van der Waals surface area (Å²) in [7, 11) is 1.59. The van der Waals surface area contributed by atoms with Gasteiger partial charge in [0.15, 0.2) is 0 Å². The molecule has 0 aromatic heterocycles. The van der Waals surface area contributed by atoms with E-state index in [0.717, 1.165) is 23.9 Å². The van der Waals surface area contributed by atoms with Crippen LogP contribution in [0.4, 0.5) is 0 Å². The highest BCUT2D eigenvalue weighted by atomic mass is 79.9. The number of methoxy groups -OCH3 is 1. The van der Waals surface area contributed by atoms with Crippen LogP contribution in [0.1, 0.15) is 23.2 Å². The number of likely N-dealkylation sites (tertiary alicyclic amines) is 1. The first kappa shape index (κ1) is 13.9. The first-order chi connectivity index (χ1) is 9.15. The molecule has 2 rings (SSSR count). The number of amides is 1. The molecular weight excluding hydrogens is 308 g/mol. The minimum Gasteiger partial charge on any atom is -0.496 e. The van der Waals surface area contributed by atoms with Crippen molar-refractivity contribution in [3.63, 3.8) is 0 Å². The summed E-state index contributed by atoms with van der Waals surface area (Å²) in [5, 5.41) is 8.96. The molecule has 1 amide bonds. The Bertz CT molecular complexity index is 525. The standard InChI is InChI=1S/C14H15BrN2O2/c1-19-13-5-4-11(7-12(13)15)14(18)17-6-2-3-10(8-16)9-17/h4-5,7,10H,2-3,6,9H2,1H3. The summed E-state index contributed by atoms with van der Waals surface area (Å²) < 4.78 is 5.90. The maximum atomic E-state index is 12.4. The predicted molar refractivity (Wildman–Crippen MR) is 74.9 cm³/mol. The van der Waals surface area contributed by atoms with Gasteiger partial charge in [0.05, 0.1) is 23.6 Å². The lowest BCUT2D eigenvalue weighted by Gasteiger charge is -2.29. The monoisotopic (exact) mass is 322 g/mol. The largest absolute Gasteiger partial charge is 0.496 e. The normalized spacial score (nSPS) is 18.8. The average Bonchev–Trinajstić information content (AvgIpc) is 2.46. The Kier molecular flexibility index (Phi) is 4.43. The molecule has 100 valence electrons. The first-order valence-electron chi connectivity index (χ1n) is 6.18. The van der Waals surface area contributed by atoms with Crippen molar-refractivity contribution < 1.29 is 9.53 Å². The van der Waals surface area contributed by atoms with Gasteiger partial charge in [-0.3, -0.25) is 4.79 Å². The number of benzene rings is 1. The minimum absolute atomic E-state index is 0.0247. The molecule has 0 N–H and O–H groups in total. The maximum absolute atomic E-state index is 12.4. The minimum atomic E-state index is -0.0422. The molecule has 0 radical (unpaired) electrons. The molecule has 1 aromatic rings. The summed E-state index contributed by atoms with van der Waals surface area (Å²) in [6.45, 7) is 1.25. The lowest BCUT2D eigenvalue weighted by Crippen LogP contribution is -2.39. The van der Waals surface area contributed by atoms with E-state index in [4.69, 9.17) is 10.00 Å². The molecule has 1 aromatic carbocycles. The van der Waals surface area contributed by atoms with Gasteiger partial charge < -0.3 is 9.64 Å².